The Bertz CT molecular complexity index is 644. The minimum absolute atomic E-state index is 0.0124. The van der Waals surface area contributed by atoms with E-state index in [4.69, 9.17) is 27.9 Å². The Balaban J connectivity index is 2.04. The van der Waals surface area contributed by atoms with Gasteiger partial charge in [0.15, 0.2) is 0 Å². The van der Waals surface area contributed by atoms with E-state index in [9.17, 15) is 8.42 Å². The van der Waals surface area contributed by atoms with Gasteiger partial charge in [-0.15, -0.1) is 0 Å². The fraction of sp³-hybridized carbons (Fsp3) is 0.538. The van der Waals surface area contributed by atoms with E-state index < -0.39 is 10.0 Å². The molecule has 1 aromatic rings. The van der Waals surface area contributed by atoms with Gasteiger partial charge in [0.05, 0.1) is 28.8 Å². The quantitative estimate of drug-likeness (QED) is 0.741. The largest absolute Gasteiger partial charge is 0.375 e. The molecule has 1 aliphatic carbocycles. The van der Waals surface area contributed by atoms with Crippen LogP contribution in [0.5, 0.6) is 0 Å². The smallest absolute Gasteiger partial charge is 0.246 e. The molecule has 2 atom stereocenters. The van der Waals surface area contributed by atoms with Crippen molar-refractivity contribution in [3.8, 4) is 0 Å². The van der Waals surface area contributed by atoms with Gasteiger partial charge in [-0.2, -0.15) is 4.31 Å². The summed E-state index contributed by atoms with van der Waals surface area (Å²) >= 11 is 15.5. The summed E-state index contributed by atoms with van der Waals surface area (Å²) < 4.78 is 33.8. The molecule has 0 spiro atoms. The average molecular weight is 415 g/mol. The molecule has 0 N–H and O–H groups in total. The number of hydrogen-bond donors (Lipinski definition) is 0. The van der Waals surface area contributed by atoms with E-state index in [0.29, 0.717) is 17.6 Å². The van der Waals surface area contributed by atoms with E-state index in [0.717, 1.165) is 19.3 Å². The van der Waals surface area contributed by atoms with E-state index in [-0.39, 0.29) is 27.1 Å². The topological polar surface area (TPSA) is 46.6 Å². The zero-order chi connectivity index (χ0) is 15.2. The zero-order valence-corrected chi connectivity index (χ0v) is 15.0. The second-order valence-electron chi connectivity index (χ2n) is 5.22. The summed E-state index contributed by atoms with van der Waals surface area (Å²) in [5.74, 6) is 0. The first-order valence-electron chi connectivity index (χ1n) is 6.69. The third kappa shape index (κ3) is 2.86. The summed E-state index contributed by atoms with van der Waals surface area (Å²) in [6.07, 6.45) is 2.68. The number of hydrogen-bond acceptors (Lipinski definition) is 3. The van der Waals surface area contributed by atoms with Crippen molar-refractivity contribution < 1.29 is 13.2 Å². The lowest BCUT2D eigenvalue weighted by Gasteiger charge is -2.36. The van der Waals surface area contributed by atoms with Crippen molar-refractivity contribution in [2.24, 2.45) is 0 Å². The van der Waals surface area contributed by atoms with Crippen molar-refractivity contribution in [1.29, 1.82) is 0 Å². The first-order valence-corrected chi connectivity index (χ1v) is 9.68. The Morgan fingerprint density at radius 1 is 1.24 bits per heavy atom. The van der Waals surface area contributed by atoms with Crippen LogP contribution in [0.2, 0.25) is 10.0 Å². The second kappa shape index (κ2) is 5.98. The predicted octanol–water partition coefficient (Wildman–Crippen LogP) is 3.70. The van der Waals surface area contributed by atoms with Crippen LogP contribution < -0.4 is 0 Å². The summed E-state index contributed by atoms with van der Waals surface area (Å²) in [4.78, 5) is -0.0124. The van der Waals surface area contributed by atoms with Gasteiger partial charge in [-0.05, 0) is 31.4 Å². The number of sulfonamides is 1. The van der Waals surface area contributed by atoms with Crippen molar-refractivity contribution in [1.82, 2.24) is 4.31 Å². The number of ether oxygens (including phenoxy) is 1. The van der Waals surface area contributed by atoms with Crippen LogP contribution >= 0.6 is 39.1 Å². The standard InChI is InChI=1S/C13H14BrCl2NO3S/c14-8-6-9(15)13(10(16)7-8)21(18,19)17-4-5-20-12-3-1-2-11(12)17/h6-7,11-12H,1-5H2. The summed E-state index contributed by atoms with van der Waals surface area (Å²) in [7, 11) is -3.73. The maximum atomic E-state index is 13.0. The molecule has 8 heteroatoms. The molecule has 2 aliphatic rings. The lowest BCUT2D eigenvalue weighted by Crippen LogP contribution is -2.51. The maximum Gasteiger partial charge on any atom is 0.246 e. The van der Waals surface area contributed by atoms with Crippen LogP contribution in [-0.2, 0) is 14.8 Å². The van der Waals surface area contributed by atoms with E-state index in [1.54, 1.807) is 12.1 Å². The molecule has 1 saturated carbocycles. The molecule has 3 rings (SSSR count). The number of halogens is 3. The Morgan fingerprint density at radius 2 is 1.90 bits per heavy atom. The van der Waals surface area contributed by atoms with E-state index in [2.05, 4.69) is 15.9 Å². The lowest BCUT2D eigenvalue weighted by molar-refractivity contribution is -0.0241. The summed E-state index contributed by atoms with van der Waals surface area (Å²) in [5, 5.41) is 0.269. The van der Waals surface area contributed by atoms with Gasteiger partial charge in [0.1, 0.15) is 4.90 Å². The van der Waals surface area contributed by atoms with Crippen molar-refractivity contribution >= 4 is 49.2 Å². The van der Waals surface area contributed by atoms with Gasteiger partial charge in [-0.1, -0.05) is 39.1 Å². The molecule has 1 aromatic carbocycles. The average Bonchev–Trinajstić information content (AvgIpc) is 2.84. The highest BCUT2D eigenvalue weighted by atomic mass is 79.9. The van der Waals surface area contributed by atoms with Gasteiger partial charge in [0.2, 0.25) is 10.0 Å². The fourth-order valence-corrected chi connectivity index (χ4v) is 6.63. The number of fused-ring (bicyclic) bond motifs is 1. The van der Waals surface area contributed by atoms with Crippen molar-refractivity contribution in [2.75, 3.05) is 13.2 Å². The third-order valence-corrected chi connectivity index (χ3v) is 7.27. The van der Waals surface area contributed by atoms with Crippen molar-refractivity contribution in [3.63, 3.8) is 0 Å². The molecule has 0 radical (unpaired) electrons. The molecule has 1 heterocycles. The monoisotopic (exact) mass is 413 g/mol. The van der Waals surface area contributed by atoms with Crippen LogP contribution in [0.3, 0.4) is 0 Å². The van der Waals surface area contributed by atoms with Gasteiger partial charge in [-0.3, -0.25) is 0 Å². The Morgan fingerprint density at radius 3 is 2.57 bits per heavy atom. The molecule has 116 valence electrons. The Kier molecular flexibility index (Phi) is 4.56. The number of benzene rings is 1. The second-order valence-corrected chi connectivity index (χ2v) is 8.78. The van der Waals surface area contributed by atoms with Crippen LogP contribution in [0, 0.1) is 0 Å². The van der Waals surface area contributed by atoms with E-state index >= 15 is 0 Å². The molecule has 1 aliphatic heterocycles. The first-order chi connectivity index (χ1) is 9.91. The van der Waals surface area contributed by atoms with Crippen LogP contribution in [0.4, 0.5) is 0 Å². The number of rotatable bonds is 2. The normalized spacial score (nSPS) is 26.8. The number of morpholine rings is 1. The highest BCUT2D eigenvalue weighted by molar-refractivity contribution is 9.10. The summed E-state index contributed by atoms with van der Waals surface area (Å²) in [6, 6.07) is 2.99. The number of nitrogens with zero attached hydrogens (tertiary/aromatic N) is 1. The molecular weight excluding hydrogens is 401 g/mol. The van der Waals surface area contributed by atoms with E-state index in [1.807, 2.05) is 0 Å². The molecule has 0 amide bonds. The summed E-state index contributed by atoms with van der Waals surface area (Å²) in [6.45, 7) is 0.748. The Labute approximate surface area is 142 Å². The third-order valence-electron chi connectivity index (χ3n) is 3.96. The van der Waals surface area contributed by atoms with Gasteiger partial charge in [-0.25, -0.2) is 8.42 Å². The van der Waals surface area contributed by atoms with Crippen LogP contribution in [0.1, 0.15) is 19.3 Å². The van der Waals surface area contributed by atoms with E-state index in [1.165, 1.54) is 4.31 Å². The molecule has 1 saturated heterocycles. The SMILES string of the molecule is O=S(=O)(c1c(Cl)cc(Br)cc1Cl)N1CCOC2CCCC21. The minimum atomic E-state index is -3.73. The zero-order valence-electron chi connectivity index (χ0n) is 11.1. The van der Waals surface area contributed by atoms with Crippen molar-refractivity contribution in [3.05, 3.63) is 26.7 Å². The maximum absolute atomic E-state index is 13.0. The van der Waals surface area contributed by atoms with Crippen LogP contribution in [-0.4, -0.2) is 38.0 Å². The van der Waals surface area contributed by atoms with Gasteiger partial charge < -0.3 is 4.74 Å². The highest BCUT2D eigenvalue weighted by Gasteiger charge is 2.43. The molecule has 0 aromatic heterocycles. The highest BCUT2D eigenvalue weighted by Crippen LogP contribution is 2.39. The van der Waals surface area contributed by atoms with Crippen LogP contribution in [0.15, 0.2) is 21.5 Å². The van der Waals surface area contributed by atoms with Gasteiger partial charge in [0.25, 0.3) is 0 Å². The minimum Gasteiger partial charge on any atom is -0.375 e. The van der Waals surface area contributed by atoms with Crippen LogP contribution in [0.25, 0.3) is 0 Å². The van der Waals surface area contributed by atoms with Gasteiger partial charge >= 0.3 is 0 Å². The van der Waals surface area contributed by atoms with Crippen molar-refractivity contribution in [2.45, 2.75) is 36.3 Å². The molecule has 21 heavy (non-hydrogen) atoms. The Hall–Kier alpha value is 0.150. The fourth-order valence-electron chi connectivity index (χ4n) is 3.08. The molecule has 4 nitrogen and oxygen atoms in total. The molecule has 2 fully saturated rings. The molecule has 2 unspecified atom stereocenters. The lowest BCUT2D eigenvalue weighted by atomic mass is 10.2. The predicted molar refractivity (Wildman–Crippen MR) is 85.4 cm³/mol. The summed E-state index contributed by atoms with van der Waals surface area (Å²) in [5.41, 5.74) is 0. The molecular formula is C13H14BrCl2NO3S. The molecule has 0 bridgehead atoms. The first kappa shape index (κ1) is 16.0. The van der Waals surface area contributed by atoms with Gasteiger partial charge in [0, 0.05) is 11.0 Å².